The monoisotopic (exact) mass is 300 g/mol. The van der Waals surface area contributed by atoms with Crippen LogP contribution in [-0.4, -0.2) is 23.1 Å². The van der Waals surface area contributed by atoms with E-state index in [2.05, 4.69) is 37.7 Å². The molecule has 4 heteroatoms. The van der Waals surface area contributed by atoms with E-state index in [1.807, 2.05) is 18.2 Å². The van der Waals surface area contributed by atoms with Gasteiger partial charge < -0.3 is 10.3 Å². The van der Waals surface area contributed by atoms with E-state index in [-0.39, 0.29) is 17.4 Å². The highest BCUT2D eigenvalue weighted by Gasteiger charge is 2.42. The van der Waals surface area contributed by atoms with Crippen molar-refractivity contribution in [1.29, 1.82) is 0 Å². The Bertz CT molecular complexity index is 562. The van der Waals surface area contributed by atoms with Crippen LogP contribution in [0.3, 0.4) is 0 Å². The molecule has 0 amide bonds. The molecular weight excluding hydrogens is 276 g/mol. The summed E-state index contributed by atoms with van der Waals surface area (Å²) in [5, 5.41) is 0. The average molecular weight is 300 g/mol. The lowest BCUT2D eigenvalue weighted by Crippen LogP contribution is -2.43. The zero-order valence-corrected chi connectivity index (χ0v) is 13.5. The van der Waals surface area contributed by atoms with Crippen molar-refractivity contribution < 1.29 is 14.3 Å². The van der Waals surface area contributed by atoms with Crippen LogP contribution in [-0.2, 0) is 14.9 Å². The Morgan fingerprint density at radius 3 is 2.64 bits per heavy atom. The van der Waals surface area contributed by atoms with Crippen molar-refractivity contribution in [3.05, 3.63) is 41.4 Å². The van der Waals surface area contributed by atoms with Gasteiger partial charge in [-0.05, 0) is 29.7 Å². The minimum absolute atomic E-state index is 0.0807. The van der Waals surface area contributed by atoms with Gasteiger partial charge in [0, 0.05) is 5.92 Å². The van der Waals surface area contributed by atoms with Gasteiger partial charge in [0.25, 0.3) is 0 Å². The van der Waals surface area contributed by atoms with Gasteiger partial charge in [0.2, 0.25) is 0 Å². The van der Waals surface area contributed by atoms with Crippen molar-refractivity contribution in [1.82, 2.24) is 0 Å². The number of rotatable bonds is 4. The molecule has 0 unspecified atom stereocenters. The fourth-order valence-corrected chi connectivity index (χ4v) is 3.59. The maximum atomic E-state index is 11.7. The molecule has 22 heavy (non-hydrogen) atoms. The molecule has 118 valence electrons. The SMILES string of the molecule is C[C@@H]1CC[C@@H](C(C)(C)c2ccccc2)[C@H](OC(=O)C=[N+]=[N-])C1. The fraction of sp³-hybridized carbons (Fsp3) is 0.556. The Morgan fingerprint density at radius 2 is 2.00 bits per heavy atom. The second kappa shape index (κ2) is 6.89. The molecule has 0 heterocycles. The maximum Gasteiger partial charge on any atom is 0.413 e. The van der Waals surface area contributed by atoms with Crippen LogP contribution in [0.15, 0.2) is 30.3 Å². The van der Waals surface area contributed by atoms with Gasteiger partial charge in [0.1, 0.15) is 6.10 Å². The highest BCUT2D eigenvalue weighted by molar-refractivity contribution is 6.20. The summed E-state index contributed by atoms with van der Waals surface area (Å²) in [6, 6.07) is 10.4. The zero-order chi connectivity index (χ0) is 16.2. The summed E-state index contributed by atoms with van der Waals surface area (Å²) in [5.41, 5.74) is 9.67. The van der Waals surface area contributed by atoms with Gasteiger partial charge in [-0.25, -0.2) is 4.79 Å². The van der Waals surface area contributed by atoms with E-state index in [0.717, 1.165) is 25.5 Å². The van der Waals surface area contributed by atoms with E-state index in [1.165, 1.54) is 5.56 Å². The first-order valence-electron chi connectivity index (χ1n) is 7.88. The van der Waals surface area contributed by atoms with Gasteiger partial charge in [0.15, 0.2) is 0 Å². The standard InChI is InChI=1S/C18H24N2O2/c1-13-9-10-15(16(11-13)22-17(21)12-20-19)18(2,3)14-7-5-4-6-8-14/h4-8,12-13,15-16H,9-11H2,1-3H3/t13-,15-,16-/m1/s1. The van der Waals surface area contributed by atoms with E-state index in [1.54, 1.807) is 0 Å². The van der Waals surface area contributed by atoms with E-state index in [9.17, 15) is 4.79 Å². The number of nitrogens with zero attached hydrogens (tertiary/aromatic N) is 2. The molecule has 1 aliphatic rings. The van der Waals surface area contributed by atoms with Gasteiger partial charge in [-0.15, -0.1) is 0 Å². The lowest BCUT2D eigenvalue weighted by Gasteiger charge is -2.43. The van der Waals surface area contributed by atoms with Gasteiger partial charge in [0.05, 0.1) is 0 Å². The van der Waals surface area contributed by atoms with Crippen LogP contribution in [0.1, 0.15) is 45.6 Å². The van der Waals surface area contributed by atoms with Crippen LogP contribution in [0.25, 0.3) is 5.53 Å². The third kappa shape index (κ3) is 3.63. The number of hydrogen-bond donors (Lipinski definition) is 0. The molecule has 4 nitrogen and oxygen atoms in total. The first kappa shape index (κ1) is 16.4. The molecule has 0 radical (unpaired) electrons. The van der Waals surface area contributed by atoms with Gasteiger partial charge in [-0.1, -0.05) is 57.5 Å². The third-order valence-corrected chi connectivity index (χ3v) is 4.93. The molecule has 1 aromatic rings. The Morgan fingerprint density at radius 1 is 1.32 bits per heavy atom. The van der Waals surface area contributed by atoms with Crippen LogP contribution in [0.5, 0.6) is 0 Å². The minimum Gasteiger partial charge on any atom is -0.454 e. The molecule has 0 bridgehead atoms. The lowest BCUT2D eigenvalue weighted by atomic mass is 9.64. The summed E-state index contributed by atoms with van der Waals surface area (Å²) < 4.78 is 5.57. The Labute approximate surface area is 132 Å². The zero-order valence-electron chi connectivity index (χ0n) is 13.5. The molecule has 0 aromatic heterocycles. The first-order chi connectivity index (χ1) is 10.4. The Balaban J connectivity index is 2.25. The molecule has 1 saturated carbocycles. The van der Waals surface area contributed by atoms with Crippen LogP contribution in [0.4, 0.5) is 0 Å². The second-order valence-electron chi connectivity index (χ2n) is 6.83. The number of benzene rings is 1. The van der Waals surface area contributed by atoms with Crippen LogP contribution in [0, 0.1) is 11.8 Å². The average Bonchev–Trinajstić information content (AvgIpc) is 2.48. The van der Waals surface area contributed by atoms with Crippen molar-refractivity contribution in [2.24, 2.45) is 11.8 Å². The van der Waals surface area contributed by atoms with Crippen LogP contribution < -0.4 is 0 Å². The summed E-state index contributed by atoms with van der Waals surface area (Å²) >= 11 is 0. The largest absolute Gasteiger partial charge is 0.454 e. The van der Waals surface area contributed by atoms with Crippen molar-refractivity contribution in [3.8, 4) is 0 Å². The minimum atomic E-state index is -0.574. The van der Waals surface area contributed by atoms with Gasteiger partial charge >= 0.3 is 12.2 Å². The summed E-state index contributed by atoms with van der Waals surface area (Å²) in [6.07, 6.45) is 3.70. The van der Waals surface area contributed by atoms with E-state index < -0.39 is 5.97 Å². The number of hydrogen-bond acceptors (Lipinski definition) is 2. The molecule has 3 atom stereocenters. The van der Waals surface area contributed by atoms with Crippen molar-refractivity contribution >= 4 is 12.2 Å². The van der Waals surface area contributed by atoms with Gasteiger partial charge in [-0.3, -0.25) is 0 Å². The second-order valence-corrected chi connectivity index (χ2v) is 6.83. The van der Waals surface area contributed by atoms with Crippen molar-refractivity contribution in [2.45, 2.75) is 51.6 Å². The molecule has 0 aliphatic heterocycles. The van der Waals surface area contributed by atoms with Crippen LogP contribution in [0.2, 0.25) is 0 Å². The molecule has 1 fully saturated rings. The van der Waals surface area contributed by atoms with Gasteiger partial charge in [-0.2, -0.15) is 4.79 Å². The molecule has 0 spiro atoms. The summed E-state index contributed by atoms with van der Waals surface area (Å²) in [4.78, 5) is 14.5. The number of ether oxygens (including phenoxy) is 1. The van der Waals surface area contributed by atoms with E-state index in [0.29, 0.717) is 5.92 Å². The number of esters is 1. The summed E-state index contributed by atoms with van der Waals surface area (Å²) in [5.74, 6) is 0.212. The fourth-order valence-electron chi connectivity index (χ4n) is 3.59. The highest BCUT2D eigenvalue weighted by atomic mass is 16.5. The van der Waals surface area contributed by atoms with E-state index in [4.69, 9.17) is 10.3 Å². The molecular formula is C18H24N2O2. The summed E-state index contributed by atoms with van der Waals surface area (Å²) in [6.45, 7) is 6.61. The Hall–Kier alpha value is -1.93. The quantitative estimate of drug-likeness (QED) is 0.369. The molecule has 2 rings (SSSR count). The molecule has 1 aliphatic carbocycles. The molecule has 0 N–H and O–H groups in total. The lowest BCUT2D eigenvalue weighted by molar-refractivity contribution is -0.151. The first-order valence-corrected chi connectivity index (χ1v) is 7.88. The predicted molar refractivity (Wildman–Crippen MR) is 85.5 cm³/mol. The highest BCUT2D eigenvalue weighted by Crippen LogP contribution is 2.43. The smallest absolute Gasteiger partial charge is 0.413 e. The topological polar surface area (TPSA) is 62.7 Å². The number of carbonyl (C=O) groups excluding carboxylic acids is 1. The normalized spacial score (nSPS) is 25.1. The Kier molecular flexibility index (Phi) is 5.15. The maximum absolute atomic E-state index is 11.7. The van der Waals surface area contributed by atoms with Crippen molar-refractivity contribution in [3.63, 3.8) is 0 Å². The van der Waals surface area contributed by atoms with Crippen molar-refractivity contribution in [2.75, 3.05) is 0 Å². The number of carbonyl (C=O) groups is 1. The van der Waals surface area contributed by atoms with Crippen LogP contribution >= 0.6 is 0 Å². The van der Waals surface area contributed by atoms with E-state index >= 15 is 0 Å². The summed E-state index contributed by atoms with van der Waals surface area (Å²) in [7, 11) is 0. The molecule has 1 aromatic carbocycles. The third-order valence-electron chi connectivity index (χ3n) is 4.93. The molecule has 0 saturated heterocycles. The predicted octanol–water partition coefficient (Wildman–Crippen LogP) is 3.61.